The van der Waals surface area contributed by atoms with E-state index in [2.05, 4.69) is 27.8 Å². The Balaban J connectivity index is 1.79. The fourth-order valence-corrected chi connectivity index (χ4v) is 2.26. The highest BCUT2D eigenvalue weighted by molar-refractivity contribution is 6.30. The maximum absolute atomic E-state index is 11.8. The number of nitrogens with one attached hydrogen (secondary N) is 2. The Bertz CT molecular complexity index is 631. The highest BCUT2D eigenvalue weighted by Gasteiger charge is 2.07. The summed E-state index contributed by atoms with van der Waals surface area (Å²) in [5.74, 6) is 0.466. The van der Waals surface area contributed by atoms with Crippen LogP contribution in [-0.4, -0.2) is 29.2 Å². The summed E-state index contributed by atoms with van der Waals surface area (Å²) in [7, 11) is 0. The maximum Gasteiger partial charge on any atom is 0.271 e. The van der Waals surface area contributed by atoms with E-state index in [0.29, 0.717) is 18.1 Å². The van der Waals surface area contributed by atoms with Crippen molar-refractivity contribution < 1.29 is 4.79 Å². The van der Waals surface area contributed by atoms with Crippen LogP contribution in [0, 0.1) is 0 Å². The second-order valence-electron chi connectivity index (χ2n) is 5.22. The minimum atomic E-state index is -0.184. The number of hydrogen-bond acceptors (Lipinski definition) is 4. The number of halogens is 1. The molecule has 1 heterocycles. The Hall–Kier alpha value is -2.14. The van der Waals surface area contributed by atoms with Crippen molar-refractivity contribution in [1.29, 1.82) is 0 Å². The first-order valence-corrected chi connectivity index (χ1v) is 8.17. The van der Waals surface area contributed by atoms with E-state index in [0.717, 1.165) is 36.4 Å². The first-order chi connectivity index (χ1) is 11.2. The molecular weight excluding hydrogens is 312 g/mol. The van der Waals surface area contributed by atoms with Gasteiger partial charge in [0.05, 0.1) is 0 Å². The fourth-order valence-electron chi connectivity index (χ4n) is 2.04. The zero-order valence-electron chi connectivity index (χ0n) is 13.2. The van der Waals surface area contributed by atoms with E-state index in [-0.39, 0.29) is 5.91 Å². The molecule has 2 aromatic rings. The molecule has 1 amide bonds. The standard InChI is InChI=1S/C17H21ClN4O/c1-2-3-10-20-17(23)15-7-8-16(22-21-15)19-11-9-13-5-4-6-14(18)12-13/h4-8,12H,2-3,9-11H2,1H3,(H,19,22)(H,20,23). The maximum atomic E-state index is 11.8. The average molecular weight is 333 g/mol. The summed E-state index contributed by atoms with van der Waals surface area (Å²) in [4.78, 5) is 11.8. The molecule has 0 aliphatic rings. The molecule has 122 valence electrons. The van der Waals surface area contributed by atoms with Gasteiger partial charge in [-0.15, -0.1) is 10.2 Å². The number of rotatable bonds is 8. The number of carbonyl (C=O) groups excluding carboxylic acids is 1. The second kappa shape index (κ2) is 9.10. The van der Waals surface area contributed by atoms with E-state index in [1.807, 2.05) is 24.3 Å². The third kappa shape index (κ3) is 5.87. The quantitative estimate of drug-likeness (QED) is 0.728. The van der Waals surface area contributed by atoms with Gasteiger partial charge in [0.15, 0.2) is 5.69 Å². The topological polar surface area (TPSA) is 66.9 Å². The van der Waals surface area contributed by atoms with Gasteiger partial charge in [0.1, 0.15) is 5.82 Å². The summed E-state index contributed by atoms with van der Waals surface area (Å²) >= 11 is 5.95. The monoisotopic (exact) mass is 332 g/mol. The van der Waals surface area contributed by atoms with E-state index in [9.17, 15) is 4.79 Å². The van der Waals surface area contributed by atoms with Crippen LogP contribution >= 0.6 is 11.6 Å². The zero-order valence-corrected chi connectivity index (χ0v) is 13.9. The van der Waals surface area contributed by atoms with Crippen LogP contribution in [0.4, 0.5) is 5.82 Å². The number of aromatic nitrogens is 2. The van der Waals surface area contributed by atoms with E-state index >= 15 is 0 Å². The van der Waals surface area contributed by atoms with Crippen LogP contribution < -0.4 is 10.6 Å². The summed E-state index contributed by atoms with van der Waals surface area (Å²) in [6.07, 6.45) is 2.84. The van der Waals surface area contributed by atoms with Gasteiger partial charge in [-0.3, -0.25) is 4.79 Å². The molecule has 0 aliphatic heterocycles. The number of amides is 1. The normalized spacial score (nSPS) is 10.3. The van der Waals surface area contributed by atoms with Gasteiger partial charge in [-0.2, -0.15) is 0 Å². The molecule has 0 bridgehead atoms. The van der Waals surface area contributed by atoms with Gasteiger partial charge in [-0.1, -0.05) is 37.1 Å². The lowest BCUT2D eigenvalue weighted by atomic mass is 10.1. The lowest BCUT2D eigenvalue weighted by Gasteiger charge is -2.06. The SMILES string of the molecule is CCCCNC(=O)c1ccc(NCCc2cccc(Cl)c2)nn1. The number of unbranched alkanes of at least 4 members (excludes halogenated alkanes) is 1. The molecule has 0 aliphatic carbocycles. The molecular formula is C17H21ClN4O. The molecule has 5 nitrogen and oxygen atoms in total. The van der Waals surface area contributed by atoms with Gasteiger partial charge >= 0.3 is 0 Å². The number of benzene rings is 1. The fraction of sp³-hybridized carbons (Fsp3) is 0.353. The van der Waals surface area contributed by atoms with Crippen molar-refractivity contribution in [2.75, 3.05) is 18.4 Å². The molecule has 0 unspecified atom stereocenters. The van der Waals surface area contributed by atoms with Gasteiger partial charge in [0.25, 0.3) is 5.91 Å². The van der Waals surface area contributed by atoms with Crippen LogP contribution in [0.2, 0.25) is 5.02 Å². The molecule has 0 fully saturated rings. The van der Waals surface area contributed by atoms with Crippen molar-refractivity contribution in [2.45, 2.75) is 26.2 Å². The van der Waals surface area contributed by atoms with Crippen LogP contribution in [0.15, 0.2) is 36.4 Å². The van der Waals surface area contributed by atoms with Crippen LogP contribution in [0.25, 0.3) is 0 Å². The Morgan fingerprint density at radius 1 is 1.17 bits per heavy atom. The lowest BCUT2D eigenvalue weighted by Crippen LogP contribution is -2.25. The van der Waals surface area contributed by atoms with Crippen molar-refractivity contribution in [3.8, 4) is 0 Å². The predicted octanol–water partition coefficient (Wildman–Crippen LogP) is 3.31. The Labute approximate surface area is 141 Å². The second-order valence-corrected chi connectivity index (χ2v) is 5.66. The summed E-state index contributed by atoms with van der Waals surface area (Å²) in [6.45, 7) is 3.46. The number of hydrogen-bond donors (Lipinski definition) is 2. The minimum Gasteiger partial charge on any atom is -0.368 e. The largest absolute Gasteiger partial charge is 0.368 e. The van der Waals surface area contributed by atoms with Crippen LogP contribution in [-0.2, 0) is 6.42 Å². The van der Waals surface area contributed by atoms with Crippen molar-refractivity contribution in [1.82, 2.24) is 15.5 Å². The highest BCUT2D eigenvalue weighted by atomic mass is 35.5. The molecule has 0 radical (unpaired) electrons. The molecule has 2 N–H and O–H groups in total. The molecule has 0 spiro atoms. The minimum absolute atomic E-state index is 0.184. The van der Waals surface area contributed by atoms with Crippen LogP contribution in [0.5, 0.6) is 0 Å². The van der Waals surface area contributed by atoms with E-state index in [4.69, 9.17) is 11.6 Å². The van der Waals surface area contributed by atoms with Gasteiger partial charge in [-0.25, -0.2) is 0 Å². The van der Waals surface area contributed by atoms with E-state index in [1.54, 1.807) is 12.1 Å². The van der Waals surface area contributed by atoms with Gasteiger partial charge in [0, 0.05) is 18.1 Å². The molecule has 23 heavy (non-hydrogen) atoms. The van der Waals surface area contributed by atoms with Crippen molar-refractivity contribution in [2.24, 2.45) is 0 Å². The molecule has 1 aromatic carbocycles. The summed E-state index contributed by atoms with van der Waals surface area (Å²) in [6, 6.07) is 11.2. The van der Waals surface area contributed by atoms with Gasteiger partial charge < -0.3 is 10.6 Å². The first kappa shape index (κ1) is 17.2. The molecule has 0 saturated heterocycles. The van der Waals surface area contributed by atoms with E-state index < -0.39 is 0 Å². The van der Waals surface area contributed by atoms with Crippen molar-refractivity contribution >= 4 is 23.3 Å². The van der Waals surface area contributed by atoms with Crippen LogP contribution in [0.3, 0.4) is 0 Å². The molecule has 0 saturated carbocycles. The average Bonchev–Trinajstić information content (AvgIpc) is 2.56. The van der Waals surface area contributed by atoms with Crippen molar-refractivity contribution in [3.63, 3.8) is 0 Å². The van der Waals surface area contributed by atoms with Gasteiger partial charge in [-0.05, 0) is 42.7 Å². The summed E-state index contributed by atoms with van der Waals surface area (Å²) in [5.41, 5.74) is 1.49. The number of carbonyl (C=O) groups is 1. The Morgan fingerprint density at radius 3 is 2.74 bits per heavy atom. The molecule has 1 aromatic heterocycles. The van der Waals surface area contributed by atoms with Crippen LogP contribution in [0.1, 0.15) is 35.8 Å². The lowest BCUT2D eigenvalue weighted by molar-refractivity contribution is 0.0947. The van der Waals surface area contributed by atoms with E-state index in [1.165, 1.54) is 0 Å². The molecule has 2 rings (SSSR count). The number of nitrogens with zero attached hydrogens (tertiary/aromatic N) is 2. The molecule has 6 heteroatoms. The van der Waals surface area contributed by atoms with Crippen molar-refractivity contribution in [3.05, 3.63) is 52.7 Å². The Kier molecular flexibility index (Phi) is 6.81. The molecule has 0 atom stereocenters. The first-order valence-electron chi connectivity index (χ1n) is 7.79. The summed E-state index contributed by atoms with van der Waals surface area (Å²) in [5, 5.41) is 14.7. The highest BCUT2D eigenvalue weighted by Crippen LogP contribution is 2.11. The number of anilines is 1. The Morgan fingerprint density at radius 2 is 2.04 bits per heavy atom. The third-order valence-corrected chi connectivity index (χ3v) is 3.56. The third-order valence-electron chi connectivity index (χ3n) is 3.32. The summed E-state index contributed by atoms with van der Waals surface area (Å²) < 4.78 is 0. The van der Waals surface area contributed by atoms with Gasteiger partial charge in [0.2, 0.25) is 0 Å². The predicted molar refractivity (Wildman–Crippen MR) is 92.9 cm³/mol. The zero-order chi connectivity index (χ0) is 16.5. The smallest absolute Gasteiger partial charge is 0.271 e.